The van der Waals surface area contributed by atoms with E-state index >= 15 is 0 Å². The van der Waals surface area contributed by atoms with Crippen LogP contribution in [0.4, 0.5) is 0 Å². The highest BCUT2D eigenvalue weighted by atomic mass is 35.5. The predicted molar refractivity (Wildman–Crippen MR) is 112 cm³/mol. The number of halogens is 8. The topological polar surface area (TPSA) is 0 Å². The summed E-state index contributed by atoms with van der Waals surface area (Å²) >= 11 is 49.9. The molecule has 0 atom stereocenters. The molecule has 0 radical (unpaired) electrons. The summed E-state index contributed by atoms with van der Waals surface area (Å²) in [6.07, 6.45) is 3.05. The minimum Gasteiger partial charge on any atom is -0.0984 e. The molecule has 126 valence electrons. The van der Waals surface area contributed by atoms with Crippen LogP contribution >= 0.6 is 92.8 Å². The molecule has 0 saturated carbocycles. The van der Waals surface area contributed by atoms with Gasteiger partial charge in [-0.15, -0.1) is 0 Å². The Kier molecular flexibility index (Phi) is 6.73. The molecule has 0 unspecified atom stereocenters. The summed E-state index contributed by atoms with van der Waals surface area (Å²) in [7, 11) is 0. The fourth-order valence-electron chi connectivity index (χ4n) is 2.18. The molecule has 0 aliphatic rings. The molecule has 2 rings (SSSR count). The Balaban J connectivity index is 3.13. The first-order valence-corrected chi connectivity index (χ1v) is 9.18. The second kappa shape index (κ2) is 7.86. The van der Waals surface area contributed by atoms with Crippen LogP contribution in [0.3, 0.4) is 0 Å². The average Bonchev–Trinajstić information content (AvgIpc) is 2.57. The Morgan fingerprint density at radius 3 is 1.17 bits per heavy atom. The fraction of sp³-hybridized carbons (Fsp3) is 0. The minimum absolute atomic E-state index is 0.0392. The van der Waals surface area contributed by atoms with E-state index in [-0.39, 0.29) is 45.7 Å². The third kappa shape index (κ3) is 3.17. The molecule has 24 heavy (non-hydrogen) atoms. The Labute approximate surface area is 179 Å². The Bertz CT molecular complexity index is 854. The van der Waals surface area contributed by atoms with Gasteiger partial charge >= 0.3 is 0 Å². The molecule has 0 aliphatic heterocycles. The van der Waals surface area contributed by atoms with E-state index in [1.165, 1.54) is 12.2 Å². The summed E-state index contributed by atoms with van der Waals surface area (Å²) in [5, 5.41) is 0.749. The van der Waals surface area contributed by atoms with Crippen LogP contribution in [-0.4, -0.2) is 0 Å². The molecule has 0 aromatic heterocycles. The maximum absolute atomic E-state index is 6.40. The molecular weight excluding hydrogens is 476 g/mol. The fourth-order valence-corrected chi connectivity index (χ4v) is 4.31. The zero-order valence-electron chi connectivity index (χ0n) is 11.6. The van der Waals surface area contributed by atoms with Gasteiger partial charge in [0.05, 0.1) is 40.2 Å². The monoisotopic (exact) mass is 478 g/mol. The van der Waals surface area contributed by atoms with E-state index in [2.05, 4.69) is 13.2 Å². The van der Waals surface area contributed by atoms with Crippen LogP contribution < -0.4 is 0 Å². The first-order valence-electron chi connectivity index (χ1n) is 6.16. The lowest BCUT2D eigenvalue weighted by Crippen LogP contribution is -1.95. The highest BCUT2D eigenvalue weighted by molar-refractivity contribution is 6.57. The summed E-state index contributed by atoms with van der Waals surface area (Å²) in [6, 6.07) is 0. The zero-order chi connectivity index (χ0) is 18.3. The summed E-state index contributed by atoms with van der Waals surface area (Å²) in [6.45, 7) is 7.50. The third-order valence-electron chi connectivity index (χ3n) is 3.27. The van der Waals surface area contributed by atoms with E-state index in [1.807, 2.05) is 0 Å². The molecule has 2 aromatic rings. The molecule has 0 heterocycles. The Hall–Kier alpha value is 0.240. The Morgan fingerprint density at radius 2 is 0.750 bits per heavy atom. The largest absolute Gasteiger partial charge is 0.0984 e. The lowest BCUT2D eigenvalue weighted by Gasteiger charge is -2.19. The first-order chi connectivity index (χ1) is 11.2. The molecule has 0 spiro atoms. The van der Waals surface area contributed by atoms with Crippen molar-refractivity contribution in [3.05, 3.63) is 64.5 Å². The van der Waals surface area contributed by atoms with Crippen LogP contribution in [-0.2, 0) is 0 Å². The number of rotatable bonds is 3. The van der Waals surface area contributed by atoms with Gasteiger partial charge in [0.2, 0.25) is 0 Å². The van der Waals surface area contributed by atoms with Crippen molar-refractivity contribution >= 4 is 105 Å². The van der Waals surface area contributed by atoms with E-state index in [4.69, 9.17) is 92.8 Å². The molecule has 0 saturated heterocycles. The van der Waals surface area contributed by atoms with E-state index in [0.717, 1.165) is 0 Å². The van der Waals surface area contributed by atoms with E-state index in [1.54, 1.807) is 0 Å². The van der Waals surface area contributed by atoms with E-state index in [9.17, 15) is 0 Å². The van der Waals surface area contributed by atoms with Crippen LogP contribution in [0.25, 0.3) is 23.3 Å². The van der Waals surface area contributed by atoms with Crippen LogP contribution in [0.15, 0.2) is 13.2 Å². The third-order valence-corrected chi connectivity index (χ3v) is 6.89. The first kappa shape index (κ1) is 20.6. The van der Waals surface area contributed by atoms with Gasteiger partial charge in [0, 0.05) is 16.7 Å². The average molecular weight is 482 g/mol. The molecule has 0 bridgehead atoms. The van der Waals surface area contributed by atoms with Gasteiger partial charge in [-0.05, 0) is 5.56 Å². The van der Waals surface area contributed by atoms with Crippen molar-refractivity contribution in [2.45, 2.75) is 0 Å². The van der Waals surface area contributed by atoms with E-state index in [0.29, 0.717) is 16.7 Å². The van der Waals surface area contributed by atoms with Gasteiger partial charge in [-0.25, -0.2) is 0 Å². The van der Waals surface area contributed by atoms with Crippen LogP contribution in [0.2, 0.25) is 40.2 Å². The second-order valence-electron chi connectivity index (χ2n) is 4.50. The maximum Gasteiger partial charge on any atom is 0.0809 e. The number of benzene rings is 2. The molecule has 0 nitrogen and oxygen atoms in total. The quantitative estimate of drug-likeness (QED) is 0.302. The molecule has 2 aromatic carbocycles. The van der Waals surface area contributed by atoms with Crippen LogP contribution in [0.5, 0.6) is 0 Å². The normalized spacial score (nSPS) is 10.8. The van der Waals surface area contributed by atoms with Crippen molar-refractivity contribution in [3.8, 4) is 11.1 Å². The van der Waals surface area contributed by atoms with E-state index < -0.39 is 0 Å². The van der Waals surface area contributed by atoms with Gasteiger partial charge < -0.3 is 0 Å². The van der Waals surface area contributed by atoms with Crippen molar-refractivity contribution in [2.75, 3.05) is 0 Å². The number of hydrogen-bond donors (Lipinski definition) is 0. The SMILES string of the molecule is C=Cc1c(Cl)c(Cl)c(Cl)c(-c2c(Cl)c(Cl)c(Cl)c(Cl)c2Cl)c1C=C. The van der Waals surface area contributed by atoms with Crippen molar-refractivity contribution in [3.63, 3.8) is 0 Å². The highest BCUT2D eigenvalue weighted by Gasteiger charge is 2.27. The summed E-state index contributed by atoms with van der Waals surface area (Å²) < 4.78 is 0. The summed E-state index contributed by atoms with van der Waals surface area (Å²) in [5.74, 6) is 0. The van der Waals surface area contributed by atoms with Crippen LogP contribution in [0, 0.1) is 0 Å². The predicted octanol–water partition coefficient (Wildman–Crippen LogP) is 9.87. The molecule has 0 fully saturated rings. The number of hydrogen-bond acceptors (Lipinski definition) is 0. The van der Waals surface area contributed by atoms with Crippen LogP contribution in [0.1, 0.15) is 11.1 Å². The molecule has 0 aliphatic carbocycles. The van der Waals surface area contributed by atoms with Gasteiger partial charge in [-0.3, -0.25) is 0 Å². The van der Waals surface area contributed by atoms with Crippen molar-refractivity contribution in [1.82, 2.24) is 0 Å². The van der Waals surface area contributed by atoms with Crippen molar-refractivity contribution < 1.29 is 0 Å². The lowest BCUT2D eigenvalue weighted by molar-refractivity contribution is 1.56. The van der Waals surface area contributed by atoms with Gasteiger partial charge in [0.1, 0.15) is 0 Å². The summed E-state index contributed by atoms with van der Waals surface area (Å²) in [4.78, 5) is 0. The molecule has 0 N–H and O–H groups in total. The minimum atomic E-state index is 0.0392. The lowest BCUT2D eigenvalue weighted by atomic mass is 9.94. The maximum atomic E-state index is 6.40. The van der Waals surface area contributed by atoms with Gasteiger partial charge in [-0.2, -0.15) is 0 Å². The molecule has 8 heteroatoms. The smallest absolute Gasteiger partial charge is 0.0809 e. The summed E-state index contributed by atoms with van der Waals surface area (Å²) in [5.41, 5.74) is 1.71. The zero-order valence-corrected chi connectivity index (χ0v) is 17.6. The van der Waals surface area contributed by atoms with Crippen molar-refractivity contribution in [1.29, 1.82) is 0 Å². The standard InChI is InChI=1S/C16H6Cl8/c1-3-5-6(4-2)9(17)13(21)10(18)7(5)8-11(19)14(22)16(24)15(23)12(8)20/h3-4H,1-2H2. The Morgan fingerprint density at radius 1 is 0.417 bits per heavy atom. The molecular formula is C16H6Cl8. The second-order valence-corrected chi connectivity index (χ2v) is 7.52. The van der Waals surface area contributed by atoms with Gasteiger partial charge in [0.25, 0.3) is 0 Å². The van der Waals surface area contributed by atoms with Crippen molar-refractivity contribution in [2.24, 2.45) is 0 Å². The van der Waals surface area contributed by atoms with Gasteiger partial charge in [0.15, 0.2) is 0 Å². The molecule has 0 amide bonds. The van der Waals surface area contributed by atoms with Gasteiger partial charge in [-0.1, -0.05) is 118 Å². The highest BCUT2D eigenvalue weighted by Crippen LogP contribution is 2.53.